The number of hydrogen-bond acceptors (Lipinski definition) is 4. The van der Waals surface area contributed by atoms with Gasteiger partial charge in [-0.3, -0.25) is 4.79 Å². The number of rotatable bonds is 6. The average Bonchev–Trinajstić information content (AvgIpc) is 3.20. The summed E-state index contributed by atoms with van der Waals surface area (Å²) in [7, 11) is 1.52. The van der Waals surface area contributed by atoms with E-state index in [1.54, 1.807) is 12.1 Å². The van der Waals surface area contributed by atoms with Gasteiger partial charge in [-0.25, -0.2) is 0 Å². The molecule has 0 spiro atoms. The van der Waals surface area contributed by atoms with Crippen LogP contribution in [0.2, 0.25) is 5.02 Å². The molecule has 19 heavy (non-hydrogen) atoms. The molecular formula is C13H17ClN2O3. The lowest BCUT2D eigenvalue weighted by molar-refractivity contribution is -0.123. The van der Waals surface area contributed by atoms with E-state index in [4.69, 9.17) is 26.8 Å². The number of nitrogens with one attached hydrogen (secondary N) is 1. The maximum Gasteiger partial charge on any atom is 0.258 e. The van der Waals surface area contributed by atoms with Gasteiger partial charge in [-0.1, -0.05) is 11.6 Å². The Balaban J connectivity index is 2.03. The number of amides is 1. The first kappa shape index (κ1) is 14.0. The standard InChI is InChI=1S/C13H17ClN2O3/c1-18-11-5-8(6-15)4-10(14)13(11)19-7-12(17)16-9-2-3-9/h4-5,9H,2-3,6-7,15H2,1H3,(H,16,17). The van der Waals surface area contributed by atoms with Gasteiger partial charge in [-0.15, -0.1) is 0 Å². The molecule has 1 saturated carbocycles. The molecule has 0 saturated heterocycles. The third-order valence-corrected chi connectivity index (χ3v) is 3.10. The molecular weight excluding hydrogens is 268 g/mol. The quantitative estimate of drug-likeness (QED) is 0.829. The van der Waals surface area contributed by atoms with E-state index in [0.717, 1.165) is 18.4 Å². The third-order valence-electron chi connectivity index (χ3n) is 2.81. The second-order valence-electron chi connectivity index (χ2n) is 4.44. The Morgan fingerprint density at radius 1 is 1.53 bits per heavy atom. The minimum Gasteiger partial charge on any atom is -0.493 e. The first-order valence-electron chi connectivity index (χ1n) is 6.12. The highest BCUT2D eigenvalue weighted by Crippen LogP contribution is 2.36. The smallest absolute Gasteiger partial charge is 0.258 e. The predicted octanol–water partition coefficient (Wildman–Crippen LogP) is 1.46. The Hall–Kier alpha value is -1.46. The second kappa shape index (κ2) is 6.12. The maximum absolute atomic E-state index is 11.6. The van der Waals surface area contributed by atoms with Crippen molar-refractivity contribution >= 4 is 17.5 Å². The van der Waals surface area contributed by atoms with Crippen molar-refractivity contribution in [1.82, 2.24) is 5.32 Å². The van der Waals surface area contributed by atoms with E-state index in [9.17, 15) is 4.79 Å². The Morgan fingerprint density at radius 2 is 2.26 bits per heavy atom. The van der Waals surface area contributed by atoms with Crippen molar-refractivity contribution in [3.05, 3.63) is 22.7 Å². The number of carbonyl (C=O) groups is 1. The number of ether oxygens (including phenoxy) is 2. The fourth-order valence-electron chi connectivity index (χ4n) is 1.67. The van der Waals surface area contributed by atoms with Crippen molar-refractivity contribution in [3.63, 3.8) is 0 Å². The van der Waals surface area contributed by atoms with E-state index in [0.29, 0.717) is 29.1 Å². The van der Waals surface area contributed by atoms with Crippen molar-refractivity contribution in [2.45, 2.75) is 25.4 Å². The molecule has 0 aromatic heterocycles. The predicted molar refractivity (Wildman–Crippen MR) is 72.6 cm³/mol. The topological polar surface area (TPSA) is 73.6 Å². The lowest BCUT2D eigenvalue weighted by atomic mass is 10.2. The molecule has 1 amide bonds. The van der Waals surface area contributed by atoms with Gasteiger partial charge in [0.15, 0.2) is 18.1 Å². The summed E-state index contributed by atoms with van der Waals surface area (Å²) in [5, 5.41) is 3.22. The summed E-state index contributed by atoms with van der Waals surface area (Å²) in [4.78, 5) is 11.6. The number of hydrogen-bond donors (Lipinski definition) is 2. The summed E-state index contributed by atoms with van der Waals surface area (Å²) < 4.78 is 10.6. The molecule has 1 fully saturated rings. The van der Waals surface area contributed by atoms with Crippen LogP contribution in [-0.2, 0) is 11.3 Å². The molecule has 0 radical (unpaired) electrons. The summed E-state index contributed by atoms with van der Waals surface area (Å²) in [5.74, 6) is 0.697. The number of halogens is 1. The molecule has 6 heteroatoms. The first-order chi connectivity index (χ1) is 9.13. The molecule has 0 aliphatic heterocycles. The van der Waals surface area contributed by atoms with Crippen molar-refractivity contribution < 1.29 is 14.3 Å². The van der Waals surface area contributed by atoms with Crippen LogP contribution in [0, 0.1) is 0 Å². The SMILES string of the molecule is COc1cc(CN)cc(Cl)c1OCC(=O)NC1CC1. The average molecular weight is 285 g/mol. The number of nitrogens with two attached hydrogens (primary N) is 1. The Labute approximate surface area is 117 Å². The zero-order valence-electron chi connectivity index (χ0n) is 10.7. The van der Waals surface area contributed by atoms with Gasteiger partial charge in [0, 0.05) is 12.6 Å². The fourth-order valence-corrected chi connectivity index (χ4v) is 1.95. The molecule has 2 rings (SSSR count). The van der Waals surface area contributed by atoms with Gasteiger partial charge in [0.05, 0.1) is 12.1 Å². The Kier molecular flexibility index (Phi) is 4.50. The zero-order chi connectivity index (χ0) is 13.8. The van der Waals surface area contributed by atoms with Crippen LogP contribution >= 0.6 is 11.6 Å². The highest BCUT2D eigenvalue weighted by Gasteiger charge is 2.23. The second-order valence-corrected chi connectivity index (χ2v) is 4.85. The van der Waals surface area contributed by atoms with Crippen LogP contribution < -0.4 is 20.5 Å². The van der Waals surface area contributed by atoms with Crippen LogP contribution in [0.1, 0.15) is 18.4 Å². The van der Waals surface area contributed by atoms with Crippen LogP contribution in [0.5, 0.6) is 11.5 Å². The summed E-state index contributed by atoms with van der Waals surface area (Å²) >= 11 is 6.10. The molecule has 0 unspecified atom stereocenters. The van der Waals surface area contributed by atoms with Crippen LogP contribution in [0.3, 0.4) is 0 Å². The number of methoxy groups -OCH3 is 1. The lowest BCUT2D eigenvalue weighted by Crippen LogP contribution is -2.30. The summed E-state index contributed by atoms with van der Waals surface area (Å²) in [6, 6.07) is 3.77. The van der Waals surface area contributed by atoms with Crippen LogP contribution in [0.4, 0.5) is 0 Å². The van der Waals surface area contributed by atoms with Gasteiger partial charge >= 0.3 is 0 Å². The molecule has 0 atom stereocenters. The molecule has 104 valence electrons. The Bertz CT molecular complexity index is 475. The first-order valence-corrected chi connectivity index (χ1v) is 6.50. The molecule has 0 bridgehead atoms. The van der Waals surface area contributed by atoms with Gasteiger partial charge in [0.25, 0.3) is 5.91 Å². The fraction of sp³-hybridized carbons (Fsp3) is 0.462. The van der Waals surface area contributed by atoms with E-state index in [2.05, 4.69) is 5.32 Å². The zero-order valence-corrected chi connectivity index (χ0v) is 11.5. The normalized spacial score (nSPS) is 14.1. The summed E-state index contributed by atoms with van der Waals surface area (Å²) in [5.41, 5.74) is 6.40. The molecule has 1 aromatic rings. The third kappa shape index (κ3) is 3.75. The molecule has 3 N–H and O–H groups in total. The van der Waals surface area contributed by atoms with Crippen LogP contribution in [0.15, 0.2) is 12.1 Å². The molecule has 0 heterocycles. The molecule has 1 aliphatic carbocycles. The van der Waals surface area contributed by atoms with Crippen molar-refractivity contribution in [3.8, 4) is 11.5 Å². The highest BCUT2D eigenvalue weighted by molar-refractivity contribution is 6.32. The van der Waals surface area contributed by atoms with Gasteiger partial charge in [0.1, 0.15) is 0 Å². The summed E-state index contributed by atoms with van der Waals surface area (Å²) in [6.45, 7) is 0.285. The highest BCUT2D eigenvalue weighted by atomic mass is 35.5. The minimum absolute atomic E-state index is 0.0748. The summed E-state index contributed by atoms with van der Waals surface area (Å²) in [6.07, 6.45) is 2.09. The van der Waals surface area contributed by atoms with E-state index in [1.807, 2.05) is 0 Å². The van der Waals surface area contributed by atoms with Gasteiger partial charge in [-0.05, 0) is 30.5 Å². The van der Waals surface area contributed by atoms with Gasteiger partial charge < -0.3 is 20.5 Å². The van der Waals surface area contributed by atoms with E-state index < -0.39 is 0 Å². The molecule has 1 aliphatic rings. The lowest BCUT2D eigenvalue weighted by Gasteiger charge is -2.13. The van der Waals surface area contributed by atoms with E-state index in [1.165, 1.54) is 7.11 Å². The monoisotopic (exact) mass is 284 g/mol. The van der Waals surface area contributed by atoms with Crippen molar-refractivity contribution in [1.29, 1.82) is 0 Å². The van der Waals surface area contributed by atoms with E-state index >= 15 is 0 Å². The minimum atomic E-state index is -0.150. The largest absolute Gasteiger partial charge is 0.493 e. The van der Waals surface area contributed by atoms with Crippen molar-refractivity contribution in [2.24, 2.45) is 5.73 Å². The van der Waals surface area contributed by atoms with Gasteiger partial charge in [-0.2, -0.15) is 0 Å². The van der Waals surface area contributed by atoms with Crippen molar-refractivity contribution in [2.75, 3.05) is 13.7 Å². The van der Waals surface area contributed by atoms with Crippen LogP contribution in [-0.4, -0.2) is 25.7 Å². The molecule has 1 aromatic carbocycles. The van der Waals surface area contributed by atoms with E-state index in [-0.39, 0.29) is 12.5 Å². The number of carbonyl (C=O) groups excluding carboxylic acids is 1. The van der Waals surface area contributed by atoms with Crippen LogP contribution in [0.25, 0.3) is 0 Å². The Morgan fingerprint density at radius 3 is 2.84 bits per heavy atom. The number of benzene rings is 1. The molecule has 5 nitrogen and oxygen atoms in total. The maximum atomic E-state index is 11.6. The van der Waals surface area contributed by atoms with Gasteiger partial charge in [0.2, 0.25) is 0 Å².